The van der Waals surface area contributed by atoms with Crippen molar-refractivity contribution in [2.45, 2.75) is 0 Å². The number of hydrogen-bond acceptors (Lipinski definition) is 3. The highest BCUT2D eigenvalue weighted by Crippen LogP contribution is 2.25. The minimum atomic E-state index is -0.546. The summed E-state index contributed by atoms with van der Waals surface area (Å²) < 4.78 is 5.50. The number of ether oxygens (including phenoxy) is 1. The van der Waals surface area contributed by atoms with Gasteiger partial charge in [0.05, 0.1) is 16.8 Å². The predicted molar refractivity (Wildman–Crippen MR) is 64.3 cm³/mol. The average molecular weight is 249 g/mol. The number of rotatable bonds is 3. The monoisotopic (exact) mass is 248 g/mol. The molecule has 0 saturated heterocycles. The van der Waals surface area contributed by atoms with Gasteiger partial charge in [-0.2, -0.15) is 0 Å². The summed E-state index contributed by atoms with van der Waals surface area (Å²) in [4.78, 5) is 15.1. The summed E-state index contributed by atoms with van der Waals surface area (Å²) in [6.45, 7) is 0. The Morgan fingerprint density at radius 1 is 1.29 bits per heavy atom. The largest absolute Gasteiger partial charge is 0.455 e. The first-order chi connectivity index (χ1) is 8.16. The lowest BCUT2D eigenvalue weighted by molar-refractivity contribution is 0.0998. The van der Waals surface area contributed by atoms with Gasteiger partial charge in [0.25, 0.3) is 5.91 Å². The molecule has 1 heterocycles. The molecule has 86 valence electrons. The zero-order chi connectivity index (χ0) is 12.3. The third-order valence-electron chi connectivity index (χ3n) is 2.06. The van der Waals surface area contributed by atoms with Crippen LogP contribution in [0.4, 0.5) is 0 Å². The van der Waals surface area contributed by atoms with Gasteiger partial charge in [0, 0.05) is 12.3 Å². The van der Waals surface area contributed by atoms with Crippen molar-refractivity contribution < 1.29 is 9.53 Å². The molecular formula is C12H9ClN2O2. The number of primary amides is 1. The predicted octanol–water partition coefficient (Wildman–Crippen LogP) is 2.63. The number of hydrogen-bond donors (Lipinski definition) is 1. The van der Waals surface area contributed by atoms with Gasteiger partial charge in [-0.3, -0.25) is 9.78 Å². The van der Waals surface area contributed by atoms with Crippen LogP contribution in [0.15, 0.2) is 42.7 Å². The van der Waals surface area contributed by atoms with E-state index in [4.69, 9.17) is 22.1 Å². The molecule has 0 radical (unpaired) electrons. The average Bonchev–Trinajstić information content (AvgIpc) is 2.29. The fraction of sp³-hybridized carbons (Fsp3) is 0. The SMILES string of the molecule is NC(=O)c1ccccc1Oc1cncc(Cl)c1. The molecule has 1 amide bonds. The third-order valence-corrected chi connectivity index (χ3v) is 2.27. The Labute approximate surface area is 103 Å². The molecule has 5 heteroatoms. The summed E-state index contributed by atoms with van der Waals surface area (Å²) >= 11 is 5.78. The summed E-state index contributed by atoms with van der Waals surface area (Å²) in [5.74, 6) is 0.283. The van der Waals surface area contributed by atoms with Crippen molar-refractivity contribution in [2.75, 3.05) is 0 Å². The standard InChI is InChI=1S/C12H9ClN2O2/c13-8-5-9(7-15-6-8)17-11-4-2-1-3-10(11)12(14)16/h1-7H,(H2,14,16). The Morgan fingerprint density at radius 2 is 2.06 bits per heavy atom. The molecule has 17 heavy (non-hydrogen) atoms. The molecule has 2 aromatic rings. The van der Waals surface area contributed by atoms with E-state index in [9.17, 15) is 4.79 Å². The van der Waals surface area contributed by atoms with E-state index < -0.39 is 5.91 Å². The molecule has 0 unspecified atom stereocenters. The quantitative estimate of drug-likeness (QED) is 0.908. The molecule has 0 aliphatic heterocycles. The van der Waals surface area contributed by atoms with Crippen LogP contribution in [-0.4, -0.2) is 10.9 Å². The smallest absolute Gasteiger partial charge is 0.252 e. The molecule has 0 aliphatic rings. The number of nitrogens with two attached hydrogens (primary N) is 1. The van der Waals surface area contributed by atoms with Gasteiger partial charge in [0.1, 0.15) is 11.5 Å². The first-order valence-corrected chi connectivity index (χ1v) is 5.22. The van der Waals surface area contributed by atoms with Crippen LogP contribution in [0.1, 0.15) is 10.4 Å². The van der Waals surface area contributed by atoms with Crippen LogP contribution in [0.25, 0.3) is 0 Å². The number of halogens is 1. The molecule has 4 nitrogen and oxygen atoms in total. The van der Waals surface area contributed by atoms with Crippen molar-refractivity contribution in [3.8, 4) is 11.5 Å². The number of pyridine rings is 1. The maximum Gasteiger partial charge on any atom is 0.252 e. The topological polar surface area (TPSA) is 65.2 Å². The molecule has 0 atom stereocenters. The molecule has 0 saturated carbocycles. The fourth-order valence-corrected chi connectivity index (χ4v) is 1.50. The molecular weight excluding hydrogens is 240 g/mol. The first-order valence-electron chi connectivity index (χ1n) is 4.84. The van der Waals surface area contributed by atoms with E-state index in [2.05, 4.69) is 4.98 Å². The van der Waals surface area contributed by atoms with E-state index in [1.807, 2.05) is 0 Å². The van der Waals surface area contributed by atoms with Crippen LogP contribution in [-0.2, 0) is 0 Å². The highest BCUT2D eigenvalue weighted by Gasteiger charge is 2.09. The highest BCUT2D eigenvalue weighted by atomic mass is 35.5. The first kappa shape index (κ1) is 11.4. The Balaban J connectivity index is 2.33. The van der Waals surface area contributed by atoms with Crippen molar-refractivity contribution in [3.05, 3.63) is 53.3 Å². The minimum absolute atomic E-state index is 0.312. The summed E-state index contributed by atoms with van der Waals surface area (Å²) in [5.41, 5.74) is 5.55. The van der Waals surface area contributed by atoms with Gasteiger partial charge >= 0.3 is 0 Å². The number of aromatic nitrogens is 1. The van der Waals surface area contributed by atoms with Crippen molar-refractivity contribution in [3.63, 3.8) is 0 Å². The Morgan fingerprint density at radius 3 is 2.76 bits per heavy atom. The van der Waals surface area contributed by atoms with Gasteiger partial charge in [0.15, 0.2) is 0 Å². The van der Waals surface area contributed by atoms with Gasteiger partial charge in [0.2, 0.25) is 0 Å². The van der Waals surface area contributed by atoms with E-state index in [0.717, 1.165) is 0 Å². The molecule has 0 bridgehead atoms. The fourth-order valence-electron chi connectivity index (χ4n) is 1.33. The van der Waals surface area contributed by atoms with E-state index in [1.165, 1.54) is 12.4 Å². The van der Waals surface area contributed by atoms with Crippen LogP contribution in [0.5, 0.6) is 11.5 Å². The lowest BCUT2D eigenvalue weighted by atomic mass is 10.2. The second kappa shape index (κ2) is 4.84. The van der Waals surface area contributed by atoms with Crippen molar-refractivity contribution in [2.24, 2.45) is 5.73 Å². The summed E-state index contributed by atoms with van der Waals surface area (Å²) in [6.07, 6.45) is 3.00. The van der Waals surface area contributed by atoms with Crippen molar-refractivity contribution in [1.82, 2.24) is 4.98 Å². The van der Waals surface area contributed by atoms with E-state index in [-0.39, 0.29) is 0 Å². The molecule has 1 aromatic carbocycles. The molecule has 1 aromatic heterocycles. The van der Waals surface area contributed by atoms with Crippen LogP contribution in [0.3, 0.4) is 0 Å². The molecule has 2 N–H and O–H groups in total. The van der Waals surface area contributed by atoms with Gasteiger partial charge in [-0.25, -0.2) is 0 Å². The van der Waals surface area contributed by atoms with Crippen LogP contribution in [0, 0.1) is 0 Å². The zero-order valence-electron chi connectivity index (χ0n) is 8.76. The normalized spacial score (nSPS) is 9.94. The van der Waals surface area contributed by atoms with Crippen molar-refractivity contribution in [1.29, 1.82) is 0 Å². The number of para-hydroxylation sites is 1. The van der Waals surface area contributed by atoms with E-state index >= 15 is 0 Å². The molecule has 0 aliphatic carbocycles. The summed E-state index contributed by atoms with van der Waals surface area (Å²) in [7, 11) is 0. The zero-order valence-corrected chi connectivity index (χ0v) is 9.52. The third kappa shape index (κ3) is 2.73. The highest BCUT2D eigenvalue weighted by molar-refractivity contribution is 6.30. The second-order valence-corrected chi connectivity index (χ2v) is 3.74. The number of carbonyl (C=O) groups excluding carboxylic acids is 1. The summed E-state index contributed by atoms with van der Waals surface area (Å²) in [5, 5.41) is 0.457. The van der Waals surface area contributed by atoms with Gasteiger partial charge < -0.3 is 10.5 Å². The number of benzene rings is 1. The van der Waals surface area contributed by atoms with Gasteiger partial charge in [-0.05, 0) is 12.1 Å². The van der Waals surface area contributed by atoms with Crippen LogP contribution in [0.2, 0.25) is 5.02 Å². The Kier molecular flexibility index (Phi) is 3.25. The second-order valence-electron chi connectivity index (χ2n) is 3.30. The van der Waals surface area contributed by atoms with E-state index in [0.29, 0.717) is 22.1 Å². The van der Waals surface area contributed by atoms with Crippen LogP contribution >= 0.6 is 11.6 Å². The maximum absolute atomic E-state index is 11.2. The number of carbonyl (C=O) groups is 1. The number of amides is 1. The Bertz CT molecular complexity index is 558. The summed E-state index contributed by atoms with van der Waals surface area (Å²) in [6, 6.07) is 8.31. The molecule has 0 spiro atoms. The lowest BCUT2D eigenvalue weighted by Crippen LogP contribution is -2.11. The van der Waals surface area contributed by atoms with E-state index in [1.54, 1.807) is 30.3 Å². The Hall–Kier alpha value is -2.07. The van der Waals surface area contributed by atoms with Gasteiger partial charge in [-0.15, -0.1) is 0 Å². The molecule has 0 fully saturated rings. The lowest BCUT2D eigenvalue weighted by Gasteiger charge is -2.08. The maximum atomic E-state index is 11.2. The number of nitrogens with zero attached hydrogens (tertiary/aromatic N) is 1. The molecule has 2 rings (SSSR count). The van der Waals surface area contributed by atoms with Gasteiger partial charge in [-0.1, -0.05) is 23.7 Å². The van der Waals surface area contributed by atoms with Crippen LogP contribution < -0.4 is 10.5 Å². The van der Waals surface area contributed by atoms with Crippen molar-refractivity contribution >= 4 is 17.5 Å². The minimum Gasteiger partial charge on any atom is -0.455 e.